The Labute approximate surface area is 57.6 Å². The van der Waals surface area contributed by atoms with Crippen LogP contribution in [0.2, 0.25) is 0 Å². The van der Waals surface area contributed by atoms with Gasteiger partial charge in [-0.25, -0.2) is 0 Å². The first-order valence-corrected chi connectivity index (χ1v) is 3.52. The van der Waals surface area contributed by atoms with E-state index in [1.807, 2.05) is 0 Å². The topological polar surface area (TPSA) is 52.0 Å². The Hall–Kier alpha value is -0.0800. The number of hydrogen-bond acceptors (Lipinski definition) is 2. The lowest BCUT2D eigenvalue weighted by Gasteiger charge is -2.22. The summed E-state index contributed by atoms with van der Waals surface area (Å²) < 4.78 is 0. The van der Waals surface area contributed by atoms with Crippen LogP contribution in [-0.4, -0.2) is 13.1 Å². The van der Waals surface area contributed by atoms with Crippen LogP contribution in [0.5, 0.6) is 0 Å². The highest BCUT2D eigenvalue weighted by molar-refractivity contribution is 4.68. The highest BCUT2D eigenvalue weighted by Gasteiger charge is 2.14. The summed E-state index contributed by atoms with van der Waals surface area (Å²) in [4.78, 5) is 0. The Morgan fingerprint density at radius 3 is 1.56 bits per heavy atom. The molecule has 0 aromatic rings. The van der Waals surface area contributed by atoms with Crippen molar-refractivity contribution in [2.24, 2.45) is 16.9 Å². The second-order valence-electron chi connectivity index (χ2n) is 3.24. The summed E-state index contributed by atoms with van der Waals surface area (Å²) >= 11 is 0. The van der Waals surface area contributed by atoms with Gasteiger partial charge in [-0.15, -0.1) is 0 Å². The first-order valence-electron chi connectivity index (χ1n) is 3.52. The van der Waals surface area contributed by atoms with Crippen molar-refractivity contribution in [1.29, 1.82) is 0 Å². The van der Waals surface area contributed by atoms with Crippen molar-refractivity contribution < 1.29 is 0 Å². The van der Waals surface area contributed by atoms with E-state index in [0.717, 1.165) is 25.9 Å². The Balaban J connectivity index is 3.43. The van der Waals surface area contributed by atoms with Crippen molar-refractivity contribution in [1.82, 2.24) is 0 Å². The maximum Gasteiger partial charge on any atom is -0.00722 e. The summed E-state index contributed by atoms with van der Waals surface area (Å²) in [6.07, 6.45) is 2.15. The average Bonchev–Trinajstić information content (AvgIpc) is 1.64. The van der Waals surface area contributed by atoms with Crippen molar-refractivity contribution in [3.63, 3.8) is 0 Å². The molecule has 0 saturated heterocycles. The summed E-state index contributed by atoms with van der Waals surface area (Å²) in [6, 6.07) is 0. The third kappa shape index (κ3) is 4.43. The molecule has 0 unspecified atom stereocenters. The maximum absolute atomic E-state index is 5.40. The summed E-state index contributed by atoms with van der Waals surface area (Å²) in [6.45, 7) is 5.94. The molecule has 56 valence electrons. The molecule has 0 saturated carbocycles. The summed E-state index contributed by atoms with van der Waals surface area (Å²) in [5.74, 6) is 0. The van der Waals surface area contributed by atoms with Crippen LogP contribution in [0.25, 0.3) is 0 Å². The van der Waals surface area contributed by atoms with E-state index in [2.05, 4.69) is 13.8 Å². The van der Waals surface area contributed by atoms with Gasteiger partial charge in [-0.3, -0.25) is 0 Å². The molecule has 0 aliphatic heterocycles. The minimum Gasteiger partial charge on any atom is -0.330 e. The number of rotatable bonds is 4. The minimum absolute atomic E-state index is 0.351. The Morgan fingerprint density at radius 1 is 1.00 bits per heavy atom. The Bertz CT molecular complexity index is 61.3. The highest BCUT2D eigenvalue weighted by Crippen LogP contribution is 2.22. The van der Waals surface area contributed by atoms with Crippen molar-refractivity contribution in [2.45, 2.75) is 26.7 Å². The third-order valence-electron chi connectivity index (χ3n) is 1.64. The molecule has 9 heavy (non-hydrogen) atoms. The molecular weight excluding hydrogens is 112 g/mol. The summed E-state index contributed by atoms with van der Waals surface area (Å²) in [5, 5.41) is 0. The molecule has 0 atom stereocenters. The van der Waals surface area contributed by atoms with Crippen LogP contribution in [0.4, 0.5) is 0 Å². The quantitative estimate of drug-likeness (QED) is 0.589. The fourth-order valence-corrected chi connectivity index (χ4v) is 0.906. The number of hydrogen-bond donors (Lipinski definition) is 2. The van der Waals surface area contributed by atoms with Crippen LogP contribution in [0.1, 0.15) is 26.7 Å². The van der Waals surface area contributed by atoms with E-state index >= 15 is 0 Å². The predicted octanol–water partition coefficient (Wildman–Crippen LogP) is 0.710. The zero-order valence-electron chi connectivity index (χ0n) is 6.48. The molecule has 0 aromatic carbocycles. The molecule has 2 nitrogen and oxygen atoms in total. The van der Waals surface area contributed by atoms with Crippen molar-refractivity contribution >= 4 is 0 Å². The van der Waals surface area contributed by atoms with E-state index in [-0.39, 0.29) is 0 Å². The number of nitrogens with two attached hydrogens (primary N) is 2. The highest BCUT2D eigenvalue weighted by atomic mass is 14.6. The van der Waals surface area contributed by atoms with Gasteiger partial charge in [0, 0.05) is 0 Å². The molecular formula is C7H18N2. The lowest BCUT2D eigenvalue weighted by Crippen LogP contribution is -2.20. The molecule has 4 N–H and O–H groups in total. The SMILES string of the molecule is CC(C)(CCN)CCN. The zero-order chi connectivity index (χ0) is 7.33. The van der Waals surface area contributed by atoms with Crippen LogP contribution in [-0.2, 0) is 0 Å². The first kappa shape index (κ1) is 8.92. The fourth-order valence-electron chi connectivity index (χ4n) is 0.906. The van der Waals surface area contributed by atoms with Gasteiger partial charge in [0.25, 0.3) is 0 Å². The van der Waals surface area contributed by atoms with Gasteiger partial charge < -0.3 is 11.5 Å². The molecule has 0 rings (SSSR count). The van der Waals surface area contributed by atoms with Crippen LogP contribution < -0.4 is 11.5 Å². The van der Waals surface area contributed by atoms with E-state index in [1.165, 1.54) is 0 Å². The van der Waals surface area contributed by atoms with Crippen molar-refractivity contribution in [3.05, 3.63) is 0 Å². The van der Waals surface area contributed by atoms with Gasteiger partial charge in [-0.05, 0) is 31.3 Å². The monoisotopic (exact) mass is 130 g/mol. The molecule has 0 aromatic heterocycles. The second kappa shape index (κ2) is 3.85. The van der Waals surface area contributed by atoms with E-state index in [4.69, 9.17) is 11.5 Å². The van der Waals surface area contributed by atoms with Crippen molar-refractivity contribution in [2.75, 3.05) is 13.1 Å². The van der Waals surface area contributed by atoms with E-state index in [0.29, 0.717) is 5.41 Å². The molecule has 0 amide bonds. The first-order chi connectivity index (χ1) is 4.12. The summed E-state index contributed by atoms with van der Waals surface area (Å²) in [5.41, 5.74) is 11.2. The van der Waals surface area contributed by atoms with E-state index < -0.39 is 0 Å². The lowest BCUT2D eigenvalue weighted by atomic mass is 9.86. The smallest absolute Gasteiger partial charge is 0.00722 e. The molecule has 0 radical (unpaired) electrons. The van der Waals surface area contributed by atoms with Crippen LogP contribution >= 0.6 is 0 Å². The molecule has 2 heteroatoms. The third-order valence-corrected chi connectivity index (χ3v) is 1.64. The Morgan fingerprint density at radius 2 is 1.33 bits per heavy atom. The zero-order valence-corrected chi connectivity index (χ0v) is 6.48. The predicted molar refractivity (Wildman–Crippen MR) is 41.1 cm³/mol. The lowest BCUT2D eigenvalue weighted by molar-refractivity contribution is 0.319. The second-order valence-corrected chi connectivity index (χ2v) is 3.24. The van der Waals surface area contributed by atoms with Crippen molar-refractivity contribution in [3.8, 4) is 0 Å². The summed E-state index contributed by atoms with van der Waals surface area (Å²) in [7, 11) is 0. The maximum atomic E-state index is 5.40. The molecule has 0 fully saturated rings. The van der Waals surface area contributed by atoms with Crippen LogP contribution in [0.15, 0.2) is 0 Å². The Kier molecular flexibility index (Phi) is 3.82. The van der Waals surface area contributed by atoms with Gasteiger partial charge in [-0.2, -0.15) is 0 Å². The normalized spacial score (nSPS) is 12.0. The van der Waals surface area contributed by atoms with Crippen LogP contribution in [0.3, 0.4) is 0 Å². The largest absolute Gasteiger partial charge is 0.330 e. The van der Waals surface area contributed by atoms with Gasteiger partial charge in [0.15, 0.2) is 0 Å². The van der Waals surface area contributed by atoms with Gasteiger partial charge in [0.2, 0.25) is 0 Å². The molecule has 0 bridgehead atoms. The van der Waals surface area contributed by atoms with E-state index in [9.17, 15) is 0 Å². The van der Waals surface area contributed by atoms with Gasteiger partial charge in [0.1, 0.15) is 0 Å². The molecule has 0 aliphatic carbocycles. The standard InChI is InChI=1S/C7H18N2/c1-7(2,3-5-8)4-6-9/h3-6,8-9H2,1-2H3. The fraction of sp³-hybridized carbons (Fsp3) is 1.00. The van der Waals surface area contributed by atoms with Crippen LogP contribution in [0, 0.1) is 5.41 Å². The minimum atomic E-state index is 0.351. The molecule has 0 spiro atoms. The van der Waals surface area contributed by atoms with Gasteiger partial charge >= 0.3 is 0 Å². The molecule has 0 aliphatic rings. The van der Waals surface area contributed by atoms with Gasteiger partial charge in [0.05, 0.1) is 0 Å². The van der Waals surface area contributed by atoms with Gasteiger partial charge in [-0.1, -0.05) is 13.8 Å². The van der Waals surface area contributed by atoms with E-state index in [1.54, 1.807) is 0 Å². The average molecular weight is 130 g/mol. The molecule has 0 heterocycles.